The van der Waals surface area contributed by atoms with Gasteiger partial charge in [0, 0.05) is 66.1 Å². The van der Waals surface area contributed by atoms with Gasteiger partial charge in [-0.05, 0) is 24.6 Å². The Morgan fingerprint density at radius 1 is 1.00 bits per heavy atom. The van der Waals surface area contributed by atoms with Crippen molar-refractivity contribution in [1.29, 1.82) is 0 Å². The number of hydrogen-bond acceptors (Lipinski definition) is 5. The molecule has 0 aromatic heterocycles. The van der Waals surface area contributed by atoms with Gasteiger partial charge in [-0.15, -0.1) is 0 Å². The first-order chi connectivity index (χ1) is 13.8. The van der Waals surface area contributed by atoms with Crippen molar-refractivity contribution in [2.75, 3.05) is 60.5 Å². The molecule has 0 N–H and O–H groups in total. The third-order valence-corrected chi connectivity index (χ3v) is 5.17. The normalized spacial score (nSPS) is 16.3. The predicted molar refractivity (Wildman–Crippen MR) is 105 cm³/mol. The fourth-order valence-corrected chi connectivity index (χ4v) is 3.56. The molecule has 1 saturated heterocycles. The molecule has 1 aromatic carbocycles. The van der Waals surface area contributed by atoms with Crippen molar-refractivity contribution in [2.45, 2.75) is 6.42 Å². The van der Waals surface area contributed by atoms with Crippen LogP contribution >= 0.6 is 0 Å². The molecule has 3 rings (SSSR count). The topological polar surface area (TPSA) is 90.5 Å². The minimum absolute atomic E-state index is 0.0766. The number of carbonyl (C=O) groups is 4. The maximum Gasteiger partial charge on any atom is 0.319 e. The maximum absolute atomic E-state index is 12.9. The lowest BCUT2D eigenvalue weighted by molar-refractivity contribution is 0.0637. The second-order valence-corrected chi connectivity index (χ2v) is 7.32. The number of fused-ring (bicyclic) bond motifs is 1. The SMILES string of the molecule is COCCCN1C(=O)c2ccc(C(=O)N3CCN(C(=O)N(C)C)CC3)cc2C1=O. The van der Waals surface area contributed by atoms with Gasteiger partial charge in [0.2, 0.25) is 0 Å². The van der Waals surface area contributed by atoms with Crippen LogP contribution in [-0.2, 0) is 4.74 Å². The lowest BCUT2D eigenvalue weighted by Gasteiger charge is -2.36. The molecule has 0 bridgehead atoms. The highest BCUT2D eigenvalue weighted by molar-refractivity contribution is 6.22. The molecule has 156 valence electrons. The van der Waals surface area contributed by atoms with Crippen molar-refractivity contribution in [3.05, 3.63) is 34.9 Å². The fraction of sp³-hybridized carbons (Fsp3) is 0.500. The Morgan fingerprint density at radius 3 is 2.24 bits per heavy atom. The number of nitrogens with zero attached hydrogens (tertiary/aromatic N) is 4. The highest BCUT2D eigenvalue weighted by Crippen LogP contribution is 2.25. The first-order valence-electron chi connectivity index (χ1n) is 9.60. The number of methoxy groups -OCH3 is 1. The Morgan fingerprint density at radius 2 is 1.62 bits per heavy atom. The van der Waals surface area contributed by atoms with E-state index < -0.39 is 0 Å². The predicted octanol–water partition coefficient (Wildman–Crippen LogP) is 0.759. The van der Waals surface area contributed by atoms with Crippen LogP contribution in [-0.4, -0.2) is 104 Å². The zero-order valence-corrected chi connectivity index (χ0v) is 17.0. The Hall–Kier alpha value is -2.94. The van der Waals surface area contributed by atoms with E-state index in [1.54, 1.807) is 43.1 Å². The Bertz CT molecular complexity index is 830. The van der Waals surface area contributed by atoms with Gasteiger partial charge in [0.15, 0.2) is 0 Å². The molecule has 0 unspecified atom stereocenters. The first-order valence-corrected chi connectivity index (χ1v) is 9.60. The lowest BCUT2D eigenvalue weighted by atomic mass is 10.0. The van der Waals surface area contributed by atoms with Gasteiger partial charge < -0.3 is 19.4 Å². The average molecular weight is 402 g/mol. The van der Waals surface area contributed by atoms with Crippen molar-refractivity contribution >= 4 is 23.8 Å². The molecule has 0 saturated carbocycles. The number of ether oxygens (including phenoxy) is 1. The van der Waals surface area contributed by atoms with E-state index in [1.807, 2.05) is 0 Å². The third kappa shape index (κ3) is 4.09. The Labute approximate surface area is 169 Å². The number of piperazine rings is 1. The fourth-order valence-electron chi connectivity index (χ4n) is 3.56. The van der Waals surface area contributed by atoms with Crippen LogP contribution < -0.4 is 0 Å². The van der Waals surface area contributed by atoms with Crippen LogP contribution in [0.1, 0.15) is 37.5 Å². The maximum atomic E-state index is 12.9. The average Bonchev–Trinajstić information content (AvgIpc) is 2.97. The molecule has 1 fully saturated rings. The minimum Gasteiger partial charge on any atom is -0.385 e. The molecular formula is C20H26N4O5. The van der Waals surface area contributed by atoms with Crippen molar-refractivity contribution in [2.24, 2.45) is 0 Å². The zero-order valence-electron chi connectivity index (χ0n) is 17.0. The molecule has 0 atom stereocenters. The van der Waals surface area contributed by atoms with Gasteiger partial charge in [-0.1, -0.05) is 0 Å². The van der Waals surface area contributed by atoms with Crippen molar-refractivity contribution in [3.63, 3.8) is 0 Å². The molecule has 9 heteroatoms. The summed E-state index contributed by atoms with van der Waals surface area (Å²) in [5, 5.41) is 0. The number of benzene rings is 1. The number of urea groups is 1. The van der Waals surface area contributed by atoms with Gasteiger partial charge in [-0.2, -0.15) is 0 Å². The quantitative estimate of drug-likeness (QED) is 0.536. The van der Waals surface area contributed by atoms with E-state index in [-0.39, 0.29) is 35.9 Å². The number of imide groups is 1. The van der Waals surface area contributed by atoms with Crippen LogP contribution in [0.2, 0.25) is 0 Å². The van der Waals surface area contributed by atoms with Crippen LogP contribution in [0.5, 0.6) is 0 Å². The van der Waals surface area contributed by atoms with Crippen LogP contribution in [0.15, 0.2) is 18.2 Å². The van der Waals surface area contributed by atoms with E-state index in [9.17, 15) is 19.2 Å². The van der Waals surface area contributed by atoms with Gasteiger partial charge in [-0.3, -0.25) is 19.3 Å². The summed E-state index contributed by atoms with van der Waals surface area (Å²) in [7, 11) is 4.96. The standard InChI is InChI=1S/C20H26N4O5/c1-21(2)20(28)23-10-8-22(9-11-23)17(25)14-5-6-15-16(13-14)19(27)24(18(15)26)7-4-12-29-3/h5-6,13H,4,7-12H2,1-3H3. The van der Waals surface area contributed by atoms with Crippen molar-refractivity contribution in [3.8, 4) is 0 Å². The summed E-state index contributed by atoms with van der Waals surface area (Å²) in [6.07, 6.45) is 0.559. The number of hydrogen-bond donors (Lipinski definition) is 0. The van der Waals surface area contributed by atoms with Crippen LogP contribution in [0.25, 0.3) is 0 Å². The Kier molecular flexibility index (Phi) is 6.17. The van der Waals surface area contributed by atoms with Crippen LogP contribution in [0.4, 0.5) is 4.79 Å². The number of rotatable bonds is 5. The molecule has 2 heterocycles. The molecule has 2 aliphatic rings. The third-order valence-electron chi connectivity index (χ3n) is 5.17. The molecule has 1 aromatic rings. The minimum atomic E-state index is -0.378. The highest BCUT2D eigenvalue weighted by Gasteiger charge is 2.36. The molecule has 0 spiro atoms. The lowest BCUT2D eigenvalue weighted by Crippen LogP contribution is -2.52. The molecule has 0 aliphatic carbocycles. The summed E-state index contributed by atoms with van der Waals surface area (Å²) in [5.41, 5.74) is 0.959. The van der Waals surface area contributed by atoms with Crippen molar-refractivity contribution < 1.29 is 23.9 Å². The van der Waals surface area contributed by atoms with Gasteiger partial charge in [-0.25, -0.2) is 4.79 Å². The van der Waals surface area contributed by atoms with E-state index in [2.05, 4.69) is 0 Å². The molecular weight excluding hydrogens is 376 g/mol. The molecule has 9 nitrogen and oxygen atoms in total. The Balaban J connectivity index is 1.68. The number of carbonyl (C=O) groups excluding carboxylic acids is 4. The zero-order chi connectivity index (χ0) is 21.1. The monoisotopic (exact) mass is 402 g/mol. The van der Waals surface area contributed by atoms with E-state index in [1.165, 1.54) is 15.9 Å². The van der Waals surface area contributed by atoms with E-state index in [0.29, 0.717) is 50.3 Å². The molecule has 2 aliphatic heterocycles. The van der Waals surface area contributed by atoms with Crippen LogP contribution in [0, 0.1) is 0 Å². The van der Waals surface area contributed by atoms with E-state index in [4.69, 9.17) is 4.74 Å². The van der Waals surface area contributed by atoms with E-state index in [0.717, 1.165) is 0 Å². The van der Waals surface area contributed by atoms with Crippen LogP contribution in [0.3, 0.4) is 0 Å². The van der Waals surface area contributed by atoms with Crippen molar-refractivity contribution in [1.82, 2.24) is 19.6 Å². The summed E-state index contributed by atoms with van der Waals surface area (Å²) in [6.45, 7) is 2.50. The molecule has 29 heavy (non-hydrogen) atoms. The summed E-state index contributed by atoms with van der Waals surface area (Å²) in [6, 6.07) is 4.56. The van der Waals surface area contributed by atoms with Gasteiger partial charge in [0.1, 0.15) is 0 Å². The summed E-state index contributed by atoms with van der Waals surface area (Å²) < 4.78 is 4.98. The number of amides is 5. The summed E-state index contributed by atoms with van der Waals surface area (Å²) >= 11 is 0. The van der Waals surface area contributed by atoms with Gasteiger partial charge in [0.05, 0.1) is 11.1 Å². The van der Waals surface area contributed by atoms with Gasteiger partial charge >= 0.3 is 6.03 Å². The van der Waals surface area contributed by atoms with Gasteiger partial charge in [0.25, 0.3) is 17.7 Å². The second kappa shape index (κ2) is 8.60. The second-order valence-electron chi connectivity index (χ2n) is 7.32. The molecule has 5 amide bonds. The summed E-state index contributed by atoms with van der Waals surface area (Å²) in [5.74, 6) is -0.920. The van der Waals surface area contributed by atoms with E-state index >= 15 is 0 Å². The first kappa shape index (κ1) is 20.8. The largest absolute Gasteiger partial charge is 0.385 e. The smallest absolute Gasteiger partial charge is 0.319 e. The summed E-state index contributed by atoms with van der Waals surface area (Å²) in [4.78, 5) is 56.1. The molecule has 0 radical (unpaired) electrons. The highest BCUT2D eigenvalue weighted by atomic mass is 16.5.